The molecule has 0 bridgehead atoms. The molecule has 1 atom stereocenters. The number of carbonyl (C=O) groups excluding carboxylic acids is 1. The van der Waals surface area contributed by atoms with Crippen molar-refractivity contribution in [3.8, 4) is 5.75 Å². The van der Waals surface area contributed by atoms with Gasteiger partial charge in [0.05, 0.1) is 19.8 Å². The molecule has 3 N–H and O–H groups in total. The maximum Gasteiger partial charge on any atom is 0.315 e. The van der Waals surface area contributed by atoms with Crippen molar-refractivity contribution in [1.29, 1.82) is 0 Å². The van der Waals surface area contributed by atoms with Gasteiger partial charge in [0.15, 0.2) is 0 Å². The number of aliphatic hydroxyl groups is 1. The number of hydrogen-bond acceptors (Lipinski definition) is 3. The Labute approximate surface area is 120 Å². The Morgan fingerprint density at radius 2 is 2.05 bits per heavy atom. The number of carbonyl (C=O) groups is 1. The lowest BCUT2D eigenvalue weighted by atomic mass is 10.0. The zero-order chi connectivity index (χ0) is 14.8. The first-order chi connectivity index (χ1) is 9.71. The summed E-state index contributed by atoms with van der Waals surface area (Å²) in [4.78, 5) is 11.7. The lowest BCUT2D eigenvalue weighted by Crippen LogP contribution is -2.39. The van der Waals surface area contributed by atoms with E-state index in [0.717, 1.165) is 30.6 Å². The Kier molecular flexibility index (Phi) is 7.50. The largest absolute Gasteiger partial charge is 0.497 e. The quantitative estimate of drug-likeness (QED) is 0.684. The van der Waals surface area contributed by atoms with Crippen LogP contribution in [0.25, 0.3) is 0 Å². The van der Waals surface area contributed by atoms with Crippen molar-refractivity contribution in [3.05, 3.63) is 29.8 Å². The van der Waals surface area contributed by atoms with Gasteiger partial charge in [-0.25, -0.2) is 4.79 Å². The highest BCUT2D eigenvalue weighted by atomic mass is 16.5. The van der Waals surface area contributed by atoms with Crippen molar-refractivity contribution in [3.63, 3.8) is 0 Å². The van der Waals surface area contributed by atoms with Crippen molar-refractivity contribution in [2.75, 3.05) is 20.3 Å². The number of unbranched alkanes of at least 4 members (excludes halogenated alkanes) is 1. The minimum Gasteiger partial charge on any atom is -0.497 e. The van der Waals surface area contributed by atoms with Crippen LogP contribution in [0.3, 0.4) is 0 Å². The fourth-order valence-corrected chi connectivity index (χ4v) is 1.95. The highest BCUT2D eigenvalue weighted by Crippen LogP contribution is 2.22. The van der Waals surface area contributed by atoms with Crippen molar-refractivity contribution >= 4 is 6.03 Å². The van der Waals surface area contributed by atoms with Crippen molar-refractivity contribution in [2.45, 2.75) is 32.2 Å². The van der Waals surface area contributed by atoms with Gasteiger partial charge in [-0.1, -0.05) is 31.9 Å². The first kappa shape index (κ1) is 16.3. The summed E-state index contributed by atoms with van der Waals surface area (Å²) in [5, 5.41) is 14.3. The third-order valence-electron chi connectivity index (χ3n) is 3.07. The fourth-order valence-electron chi connectivity index (χ4n) is 1.95. The maximum atomic E-state index is 11.7. The SMILES string of the molecule is CCCCC(NC(=O)NCCO)c1ccc(OC)cc1. The van der Waals surface area contributed by atoms with Gasteiger partial charge in [0.2, 0.25) is 0 Å². The smallest absolute Gasteiger partial charge is 0.315 e. The van der Waals surface area contributed by atoms with Crippen LogP contribution in [0.2, 0.25) is 0 Å². The molecule has 112 valence electrons. The topological polar surface area (TPSA) is 70.6 Å². The molecule has 20 heavy (non-hydrogen) atoms. The van der Waals surface area contributed by atoms with Crippen LogP contribution in [0.15, 0.2) is 24.3 Å². The molecule has 0 aliphatic rings. The highest BCUT2D eigenvalue weighted by molar-refractivity contribution is 5.74. The lowest BCUT2D eigenvalue weighted by molar-refractivity contribution is 0.230. The van der Waals surface area contributed by atoms with Crippen LogP contribution < -0.4 is 15.4 Å². The van der Waals surface area contributed by atoms with Gasteiger partial charge in [0, 0.05) is 6.54 Å². The Morgan fingerprint density at radius 1 is 1.35 bits per heavy atom. The van der Waals surface area contributed by atoms with Crippen LogP contribution in [-0.4, -0.2) is 31.4 Å². The number of amides is 2. The van der Waals surface area contributed by atoms with Gasteiger partial charge in [-0.05, 0) is 24.1 Å². The van der Waals surface area contributed by atoms with E-state index in [1.807, 2.05) is 24.3 Å². The zero-order valence-corrected chi connectivity index (χ0v) is 12.2. The second kappa shape index (κ2) is 9.20. The monoisotopic (exact) mass is 280 g/mol. The molecule has 0 radical (unpaired) electrons. The molecule has 0 saturated heterocycles. The van der Waals surface area contributed by atoms with Crippen molar-refractivity contribution in [2.24, 2.45) is 0 Å². The Balaban J connectivity index is 2.68. The van der Waals surface area contributed by atoms with Crippen LogP contribution in [0.5, 0.6) is 5.75 Å². The zero-order valence-electron chi connectivity index (χ0n) is 12.2. The summed E-state index contributed by atoms with van der Waals surface area (Å²) in [6.45, 7) is 2.32. The molecule has 0 aromatic heterocycles. The number of ether oxygens (including phenoxy) is 1. The molecule has 5 nitrogen and oxygen atoms in total. The molecular formula is C15H24N2O3. The summed E-state index contributed by atoms with van der Waals surface area (Å²) >= 11 is 0. The molecule has 1 unspecified atom stereocenters. The van der Waals surface area contributed by atoms with E-state index in [1.165, 1.54) is 0 Å². The summed E-state index contributed by atoms with van der Waals surface area (Å²) in [7, 11) is 1.63. The van der Waals surface area contributed by atoms with Gasteiger partial charge in [0.1, 0.15) is 5.75 Å². The van der Waals surface area contributed by atoms with Gasteiger partial charge in [-0.15, -0.1) is 0 Å². The molecule has 0 heterocycles. The van der Waals surface area contributed by atoms with Gasteiger partial charge in [-0.2, -0.15) is 0 Å². The second-order valence-corrected chi connectivity index (χ2v) is 4.59. The molecule has 1 rings (SSSR count). The Hall–Kier alpha value is -1.75. The lowest BCUT2D eigenvalue weighted by Gasteiger charge is -2.19. The van der Waals surface area contributed by atoms with Crippen LogP contribution >= 0.6 is 0 Å². The summed E-state index contributed by atoms with van der Waals surface area (Å²) in [5.41, 5.74) is 1.05. The third-order valence-corrected chi connectivity index (χ3v) is 3.07. The number of nitrogens with one attached hydrogen (secondary N) is 2. The van der Waals surface area contributed by atoms with E-state index < -0.39 is 0 Å². The van der Waals surface area contributed by atoms with Crippen LogP contribution in [0, 0.1) is 0 Å². The van der Waals surface area contributed by atoms with Gasteiger partial charge in [-0.3, -0.25) is 0 Å². The minimum absolute atomic E-state index is 0.0282. The average Bonchev–Trinajstić information content (AvgIpc) is 2.49. The van der Waals surface area contributed by atoms with E-state index in [-0.39, 0.29) is 25.2 Å². The standard InChI is InChI=1S/C15H24N2O3/c1-3-4-5-14(17-15(19)16-10-11-18)12-6-8-13(20-2)9-7-12/h6-9,14,18H,3-5,10-11H2,1-2H3,(H2,16,17,19). The summed E-state index contributed by atoms with van der Waals surface area (Å²) < 4.78 is 5.14. The predicted octanol–water partition coefficient (Wildman–Crippen LogP) is 2.22. The first-order valence-corrected chi connectivity index (χ1v) is 7.00. The molecule has 0 aliphatic heterocycles. The highest BCUT2D eigenvalue weighted by Gasteiger charge is 2.13. The van der Waals surface area contributed by atoms with Crippen LogP contribution in [0.4, 0.5) is 4.79 Å². The molecule has 1 aromatic rings. The predicted molar refractivity (Wildman–Crippen MR) is 78.9 cm³/mol. The third kappa shape index (κ3) is 5.48. The van der Waals surface area contributed by atoms with E-state index in [4.69, 9.17) is 9.84 Å². The molecule has 0 saturated carbocycles. The number of rotatable bonds is 8. The Morgan fingerprint density at radius 3 is 2.60 bits per heavy atom. The molecule has 0 fully saturated rings. The summed E-state index contributed by atoms with van der Waals surface area (Å²) in [6, 6.07) is 7.43. The van der Waals surface area contributed by atoms with Crippen molar-refractivity contribution < 1.29 is 14.6 Å². The average molecular weight is 280 g/mol. The molecular weight excluding hydrogens is 256 g/mol. The fraction of sp³-hybridized carbons (Fsp3) is 0.533. The number of benzene rings is 1. The number of urea groups is 1. The number of aliphatic hydroxyl groups excluding tert-OH is 1. The minimum atomic E-state index is -0.254. The summed E-state index contributed by atoms with van der Waals surface area (Å²) in [6.07, 6.45) is 3.00. The van der Waals surface area contributed by atoms with E-state index in [1.54, 1.807) is 7.11 Å². The molecule has 0 spiro atoms. The van der Waals surface area contributed by atoms with E-state index in [9.17, 15) is 4.79 Å². The van der Waals surface area contributed by atoms with Crippen molar-refractivity contribution in [1.82, 2.24) is 10.6 Å². The Bertz CT molecular complexity index is 393. The first-order valence-electron chi connectivity index (χ1n) is 7.00. The molecule has 1 aromatic carbocycles. The van der Waals surface area contributed by atoms with Gasteiger partial charge in [0.25, 0.3) is 0 Å². The molecule has 2 amide bonds. The van der Waals surface area contributed by atoms with E-state index in [2.05, 4.69) is 17.6 Å². The number of hydrogen-bond donors (Lipinski definition) is 3. The van der Waals surface area contributed by atoms with E-state index in [0.29, 0.717) is 0 Å². The molecule has 0 aliphatic carbocycles. The number of methoxy groups -OCH3 is 1. The second-order valence-electron chi connectivity index (χ2n) is 4.59. The maximum absolute atomic E-state index is 11.7. The summed E-state index contributed by atoms with van der Waals surface area (Å²) in [5.74, 6) is 0.799. The normalized spacial score (nSPS) is 11.8. The van der Waals surface area contributed by atoms with Gasteiger partial charge >= 0.3 is 6.03 Å². The molecule has 5 heteroatoms. The van der Waals surface area contributed by atoms with E-state index >= 15 is 0 Å². The van der Waals surface area contributed by atoms with Crippen LogP contribution in [0.1, 0.15) is 37.8 Å². The van der Waals surface area contributed by atoms with Gasteiger partial charge < -0.3 is 20.5 Å². The van der Waals surface area contributed by atoms with Crippen LogP contribution in [-0.2, 0) is 0 Å².